The first-order chi connectivity index (χ1) is 9.78. The summed E-state index contributed by atoms with van der Waals surface area (Å²) in [6, 6.07) is 8.54. The van der Waals surface area contributed by atoms with Crippen molar-refractivity contribution in [3.05, 3.63) is 47.2 Å². The SMILES string of the molecule is CCCOc1cc(C)n(-c2ccc3c(c2)C=CCC3)n1. The van der Waals surface area contributed by atoms with Crippen molar-refractivity contribution in [2.45, 2.75) is 33.1 Å². The molecule has 0 bridgehead atoms. The molecule has 0 saturated carbocycles. The molecule has 0 spiro atoms. The van der Waals surface area contributed by atoms with Crippen molar-refractivity contribution < 1.29 is 4.74 Å². The van der Waals surface area contributed by atoms with E-state index in [1.807, 2.05) is 10.7 Å². The smallest absolute Gasteiger partial charge is 0.233 e. The highest BCUT2D eigenvalue weighted by Crippen LogP contribution is 2.24. The zero-order valence-corrected chi connectivity index (χ0v) is 12.1. The molecular weight excluding hydrogens is 248 g/mol. The zero-order chi connectivity index (χ0) is 13.9. The van der Waals surface area contributed by atoms with Crippen LogP contribution < -0.4 is 4.74 Å². The van der Waals surface area contributed by atoms with Gasteiger partial charge in [-0.2, -0.15) is 0 Å². The highest BCUT2D eigenvalue weighted by atomic mass is 16.5. The lowest BCUT2D eigenvalue weighted by molar-refractivity contribution is 0.303. The van der Waals surface area contributed by atoms with Gasteiger partial charge in [-0.3, -0.25) is 0 Å². The van der Waals surface area contributed by atoms with E-state index in [1.165, 1.54) is 11.1 Å². The van der Waals surface area contributed by atoms with Gasteiger partial charge >= 0.3 is 0 Å². The number of hydrogen-bond donors (Lipinski definition) is 0. The monoisotopic (exact) mass is 268 g/mol. The predicted molar refractivity (Wildman–Crippen MR) is 81.4 cm³/mol. The Morgan fingerprint density at radius 2 is 2.20 bits per heavy atom. The highest BCUT2D eigenvalue weighted by Gasteiger charge is 2.10. The number of allylic oxidation sites excluding steroid dienone is 1. The molecule has 0 aliphatic heterocycles. The van der Waals surface area contributed by atoms with E-state index in [0.29, 0.717) is 12.5 Å². The summed E-state index contributed by atoms with van der Waals surface area (Å²) in [6.45, 7) is 4.87. The van der Waals surface area contributed by atoms with Gasteiger partial charge in [0.1, 0.15) is 0 Å². The lowest BCUT2D eigenvalue weighted by atomic mass is 9.97. The molecule has 3 rings (SSSR count). The van der Waals surface area contributed by atoms with Crippen LogP contribution in [0.1, 0.15) is 36.6 Å². The van der Waals surface area contributed by atoms with Crippen LogP contribution in [0.5, 0.6) is 5.88 Å². The van der Waals surface area contributed by atoms with Crippen molar-refractivity contribution in [3.8, 4) is 11.6 Å². The van der Waals surface area contributed by atoms with E-state index in [4.69, 9.17) is 4.74 Å². The van der Waals surface area contributed by atoms with Crippen LogP contribution in [0.3, 0.4) is 0 Å². The maximum Gasteiger partial charge on any atom is 0.233 e. The Labute approximate surface area is 119 Å². The maximum atomic E-state index is 5.60. The fourth-order valence-corrected chi connectivity index (χ4v) is 2.53. The van der Waals surface area contributed by atoms with E-state index in [1.54, 1.807) is 0 Å². The Hall–Kier alpha value is -2.03. The second kappa shape index (κ2) is 5.53. The fourth-order valence-electron chi connectivity index (χ4n) is 2.53. The predicted octanol–water partition coefficient (Wildman–Crippen LogP) is 3.93. The van der Waals surface area contributed by atoms with Gasteiger partial charge in [-0.25, -0.2) is 4.68 Å². The lowest BCUT2D eigenvalue weighted by Crippen LogP contribution is -2.02. The summed E-state index contributed by atoms with van der Waals surface area (Å²) in [6.07, 6.45) is 7.71. The van der Waals surface area contributed by atoms with Crippen LogP contribution in [-0.2, 0) is 6.42 Å². The number of nitrogens with zero attached hydrogens (tertiary/aromatic N) is 2. The first kappa shape index (κ1) is 13.0. The van der Waals surface area contributed by atoms with Crippen molar-refractivity contribution >= 4 is 6.08 Å². The lowest BCUT2D eigenvalue weighted by Gasteiger charge is -2.12. The number of fused-ring (bicyclic) bond motifs is 1. The number of benzene rings is 1. The third kappa shape index (κ3) is 2.48. The molecule has 0 saturated heterocycles. The zero-order valence-electron chi connectivity index (χ0n) is 12.1. The van der Waals surface area contributed by atoms with E-state index >= 15 is 0 Å². The molecule has 1 aliphatic rings. The minimum atomic E-state index is 0.706. The molecule has 0 amide bonds. The third-order valence-electron chi connectivity index (χ3n) is 3.57. The average Bonchev–Trinajstić information content (AvgIpc) is 2.85. The minimum Gasteiger partial charge on any atom is -0.477 e. The molecule has 3 nitrogen and oxygen atoms in total. The molecule has 0 atom stereocenters. The van der Waals surface area contributed by atoms with Crippen molar-refractivity contribution in [1.82, 2.24) is 9.78 Å². The van der Waals surface area contributed by atoms with E-state index in [9.17, 15) is 0 Å². The van der Waals surface area contributed by atoms with E-state index in [-0.39, 0.29) is 0 Å². The van der Waals surface area contributed by atoms with Gasteiger partial charge in [0.05, 0.1) is 12.3 Å². The number of rotatable bonds is 4. The molecule has 1 aliphatic carbocycles. The van der Waals surface area contributed by atoms with Crippen molar-refractivity contribution in [1.29, 1.82) is 0 Å². The summed E-state index contributed by atoms with van der Waals surface area (Å²) in [5.41, 5.74) is 4.91. The summed E-state index contributed by atoms with van der Waals surface area (Å²) >= 11 is 0. The van der Waals surface area contributed by atoms with Crippen LogP contribution in [0, 0.1) is 6.92 Å². The molecule has 1 aromatic carbocycles. The standard InChI is InChI=1S/C17H20N2O/c1-3-10-20-17-11-13(2)19(18-17)16-9-8-14-6-4-5-7-15(14)12-16/h5,7-9,11-12H,3-4,6,10H2,1-2H3. The minimum absolute atomic E-state index is 0.706. The second-order valence-electron chi connectivity index (χ2n) is 5.21. The van der Waals surface area contributed by atoms with E-state index in [0.717, 1.165) is 30.6 Å². The Kier molecular flexibility index (Phi) is 3.59. The largest absolute Gasteiger partial charge is 0.477 e. The van der Waals surface area contributed by atoms with Crippen molar-refractivity contribution in [2.75, 3.05) is 6.61 Å². The first-order valence-electron chi connectivity index (χ1n) is 7.27. The van der Waals surface area contributed by atoms with Gasteiger partial charge < -0.3 is 4.74 Å². The molecule has 2 aromatic rings. The summed E-state index contributed by atoms with van der Waals surface area (Å²) < 4.78 is 7.56. The number of aromatic nitrogens is 2. The summed E-state index contributed by atoms with van der Waals surface area (Å²) in [5, 5.41) is 4.54. The molecular formula is C17H20N2O. The normalized spacial score (nSPS) is 13.3. The van der Waals surface area contributed by atoms with Crippen LogP contribution in [0.2, 0.25) is 0 Å². The quantitative estimate of drug-likeness (QED) is 0.840. The Morgan fingerprint density at radius 3 is 3.05 bits per heavy atom. The van der Waals surface area contributed by atoms with Gasteiger partial charge in [-0.05, 0) is 49.4 Å². The summed E-state index contributed by atoms with van der Waals surface area (Å²) in [4.78, 5) is 0. The Morgan fingerprint density at radius 1 is 1.30 bits per heavy atom. The fraction of sp³-hybridized carbons (Fsp3) is 0.353. The second-order valence-corrected chi connectivity index (χ2v) is 5.21. The van der Waals surface area contributed by atoms with Gasteiger partial charge in [-0.1, -0.05) is 25.1 Å². The molecule has 0 fully saturated rings. The first-order valence-corrected chi connectivity index (χ1v) is 7.27. The van der Waals surface area contributed by atoms with E-state index < -0.39 is 0 Å². The van der Waals surface area contributed by atoms with Crippen molar-refractivity contribution in [3.63, 3.8) is 0 Å². The van der Waals surface area contributed by atoms with Gasteiger partial charge in [0.2, 0.25) is 5.88 Å². The van der Waals surface area contributed by atoms with Gasteiger partial charge in [0.25, 0.3) is 0 Å². The molecule has 20 heavy (non-hydrogen) atoms. The Balaban J connectivity index is 1.93. The Bertz CT molecular complexity index is 640. The number of aryl methyl sites for hydroxylation is 2. The summed E-state index contributed by atoms with van der Waals surface area (Å²) in [5.74, 6) is 0.706. The van der Waals surface area contributed by atoms with Gasteiger partial charge in [0, 0.05) is 11.8 Å². The number of ether oxygens (including phenoxy) is 1. The molecule has 3 heteroatoms. The third-order valence-corrected chi connectivity index (χ3v) is 3.57. The van der Waals surface area contributed by atoms with Crippen molar-refractivity contribution in [2.24, 2.45) is 0 Å². The van der Waals surface area contributed by atoms with Crippen LogP contribution in [-0.4, -0.2) is 16.4 Å². The topological polar surface area (TPSA) is 27.1 Å². The molecule has 0 unspecified atom stereocenters. The van der Waals surface area contributed by atoms with E-state index in [2.05, 4.69) is 49.3 Å². The van der Waals surface area contributed by atoms with Crippen LogP contribution >= 0.6 is 0 Å². The highest BCUT2D eigenvalue weighted by molar-refractivity contribution is 5.59. The molecule has 0 N–H and O–H groups in total. The van der Waals surface area contributed by atoms with Gasteiger partial charge in [0.15, 0.2) is 0 Å². The van der Waals surface area contributed by atoms with Gasteiger partial charge in [-0.15, -0.1) is 5.10 Å². The van der Waals surface area contributed by atoms with Crippen LogP contribution in [0.4, 0.5) is 0 Å². The summed E-state index contributed by atoms with van der Waals surface area (Å²) in [7, 11) is 0. The average molecular weight is 268 g/mol. The van der Waals surface area contributed by atoms with Crippen LogP contribution in [0.25, 0.3) is 11.8 Å². The maximum absolute atomic E-state index is 5.60. The van der Waals surface area contributed by atoms with Crippen LogP contribution in [0.15, 0.2) is 30.3 Å². The number of hydrogen-bond acceptors (Lipinski definition) is 2. The molecule has 1 heterocycles. The molecule has 0 radical (unpaired) electrons. The molecule has 1 aromatic heterocycles. The molecule has 104 valence electrons.